The van der Waals surface area contributed by atoms with Gasteiger partial charge in [-0.25, -0.2) is 9.97 Å². The molecule has 0 spiro atoms. The number of hydrogen-bond acceptors (Lipinski definition) is 3. The summed E-state index contributed by atoms with van der Waals surface area (Å²) in [6, 6.07) is 3.51. The first-order chi connectivity index (χ1) is 8.79. The number of rotatable bonds is 1. The zero-order chi connectivity index (χ0) is 13.8. The van der Waals surface area contributed by atoms with Crippen molar-refractivity contribution in [3.63, 3.8) is 0 Å². The average molecular weight is 267 g/mol. The van der Waals surface area contributed by atoms with Gasteiger partial charge in [-0.05, 0) is 38.0 Å². The number of fused-ring (bicyclic) bond motifs is 1. The molecule has 1 aromatic carbocycles. The summed E-state index contributed by atoms with van der Waals surface area (Å²) in [6.07, 6.45) is -2.88. The number of benzene rings is 1. The molecular formula is C13H12F3N3. The molecule has 2 N–H and O–H groups in total. The van der Waals surface area contributed by atoms with Crippen LogP contribution in [-0.2, 0) is 11.7 Å². The minimum Gasteiger partial charge on any atom is -0.320 e. The highest BCUT2D eigenvalue weighted by Crippen LogP contribution is 2.44. The summed E-state index contributed by atoms with van der Waals surface area (Å²) >= 11 is 0. The Morgan fingerprint density at radius 2 is 1.89 bits per heavy atom. The SMILES string of the molecule is Cc1nc(C2(N)CC2)c2cc(C(F)(F)F)ccc2n1. The van der Waals surface area contributed by atoms with Gasteiger partial charge in [-0.15, -0.1) is 0 Å². The summed E-state index contributed by atoms with van der Waals surface area (Å²) in [5.74, 6) is 0.527. The van der Waals surface area contributed by atoms with Gasteiger partial charge >= 0.3 is 6.18 Å². The van der Waals surface area contributed by atoms with Gasteiger partial charge in [-0.2, -0.15) is 13.2 Å². The predicted molar refractivity (Wildman–Crippen MR) is 64.4 cm³/mol. The van der Waals surface area contributed by atoms with Crippen LogP contribution in [0.25, 0.3) is 10.9 Å². The smallest absolute Gasteiger partial charge is 0.320 e. The number of nitrogens with zero attached hydrogens (tertiary/aromatic N) is 2. The molecule has 0 radical (unpaired) electrons. The maximum absolute atomic E-state index is 12.8. The van der Waals surface area contributed by atoms with E-state index in [0.717, 1.165) is 25.0 Å². The Kier molecular flexibility index (Phi) is 2.38. The zero-order valence-corrected chi connectivity index (χ0v) is 10.3. The van der Waals surface area contributed by atoms with Gasteiger partial charge in [0.25, 0.3) is 0 Å². The molecule has 1 saturated carbocycles. The Morgan fingerprint density at radius 3 is 2.47 bits per heavy atom. The monoisotopic (exact) mass is 267 g/mol. The second kappa shape index (κ2) is 3.66. The molecule has 1 aliphatic rings. The molecule has 100 valence electrons. The lowest BCUT2D eigenvalue weighted by Gasteiger charge is -2.14. The van der Waals surface area contributed by atoms with Crippen molar-refractivity contribution >= 4 is 10.9 Å². The Balaban J connectivity index is 2.29. The summed E-state index contributed by atoms with van der Waals surface area (Å²) in [5, 5.41) is 0.403. The molecule has 1 heterocycles. The summed E-state index contributed by atoms with van der Waals surface area (Å²) in [6.45, 7) is 1.71. The molecule has 2 aromatic rings. The van der Waals surface area contributed by atoms with Crippen molar-refractivity contribution < 1.29 is 13.2 Å². The maximum Gasteiger partial charge on any atom is 0.416 e. The van der Waals surface area contributed by atoms with E-state index in [4.69, 9.17) is 5.73 Å². The molecule has 0 atom stereocenters. The largest absolute Gasteiger partial charge is 0.416 e. The van der Waals surface area contributed by atoms with Gasteiger partial charge < -0.3 is 5.73 Å². The number of nitrogens with two attached hydrogens (primary N) is 1. The molecule has 0 bridgehead atoms. The molecule has 0 amide bonds. The first kappa shape index (κ1) is 12.3. The highest BCUT2D eigenvalue weighted by Gasteiger charge is 2.43. The number of halogens is 3. The van der Waals surface area contributed by atoms with Crippen LogP contribution in [0.5, 0.6) is 0 Å². The second-order valence-corrected chi connectivity index (χ2v) is 5.01. The lowest BCUT2D eigenvalue weighted by molar-refractivity contribution is -0.137. The van der Waals surface area contributed by atoms with Crippen LogP contribution in [0.2, 0.25) is 0 Å². The van der Waals surface area contributed by atoms with E-state index in [1.165, 1.54) is 6.07 Å². The number of alkyl halides is 3. The quantitative estimate of drug-likeness (QED) is 0.864. The third-order valence-corrected chi connectivity index (χ3v) is 3.40. The molecule has 0 unspecified atom stereocenters. The van der Waals surface area contributed by atoms with Crippen LogP contribution in [0.1, 0.15) is 29.9 Å². The lowest BCUT2D eigenvalue weighted by Crippen LogP contribution is -2.22. The first-order valence-electron chi connectivity index (χ1n) is 5.95. The molecule has 0 aliphatic heterocycles. The standard InChI is InChI=1S/C13H12F3N3/c1-7-18-10-3-2-8(13(14,15)16)6-9(10)11(19-7)12(17)4-5-12/h2-3,6H,4-5,17H2,1H3. The molecule has 1 aromatic heterocycles. The third-order valence-electron chi connectivity index (χ3n) is 3.40. The lowest BCUT2D eigenvalue weighted by atomic mass is 10.0. The molecule has 3 nitrogen and oxygen atoms in total. The molecule has 6 heteroatoms. The number of aryl methyl sites for hydroxylation is 1. The van der Waals surface area contributed by atoms with Crippen LogP contribution in [0.15, 0.2) is 18.2 Å². The second-order valence-electron chi connectivity index (χ2n) is 5.01. The minimum atomic E-state index is -4.37. The average Bonchev–Trinajstić information content (AvgIpc) is 3.05. The van der Waals surface area contributed by atoms with Gasteiger partial charge in [0.15, 0.2) is 0 Å². The van der Waals surface area contributed by atoms with E-state index in [1.54, 1.807) is 6.92 Å². The summed E-state index contributed by atoms with van der Waals surface area (Å²) in [7, 11) is 0. The maximum atomic E-state index is 12.8. The van der Waals surface area contributed by atoms with Gasteiger partial charge in [0.1, 0.15) is 5.82 Å². The third kappa shape index (κ3) is 2.06. The fourth-order valence-corrected chi connectivity index (χ4v) is 2.17. The normalized spacial score (nSPS) is 17.7. The van der Waals surface area contributed by atoms with E-state index in [1.807, 2.05) is 0 Å². The van der Waals surface area contributed by atoms with Crippen molar-refractivity contribution in [1.82, 2.24) is 9.97 Å². The topological polar surface area (TPSA) is 51.8 Å². The van der Waals surface area contributed by atoms with E-state index in [2.05, 4.69) is 9.97 Å². The van der Waals surface area contributed by atoms with Crippen molar-refractivity contribution in [3.05, 3.63) is 35.3 Å². The minimum absolute atomic E-state index is 0.403. The molecule has 19 heavy (non-hydrogen) atoms. The van der Waals surface area contributed by atoms with Crippen molar-refractivity contribution in [2.75, 3.05) is 0 Å². The number of hydrogen-bond donors (Lipinski definition) is 1. The Hall–Kier alpha value is -1.69. The Bertz CT molecular complexity index is 660. The summed E-state index contributed by atoms with van der Waals surface area (Å²) < 4.78 is 38.3. The van der Waals surface area contributed by atoms with E-state index < -0.39 is 17.3 Å². The van der Waals surface area contributed by atoms with Gasteiger partial charge in [-0.1, -0.05) is 0 Å². The van der Waals surface area contributed by atoms with Crippen molar-refractivity contribution in [3.8, 4) is 0 Å². The van der Waals surface area contributed by atoms with Crippen molar-refractivity contribution in [2.45, 2.75) is 31.5 Å². The van der Waals surface area contributed by atoms with Crippen LogP contribution in [-0.4, -0.2) is 9.97 Å². The van der Waals surface area contributed by atoms with E-state index in [0.29, 0.717) is 22.4 Å². The summed E-state index contributed by atoms with van der Waals surface area (Å²) in [4.78, 5) is 8.42. The zero-order valence-electron chi connectivity index (χ0n) is 10.3. The van der Waals surface area contributed by atoms with Crippen LogP contribution in [0.3, 0.4) is 0 Å². The van der Waals surface area contributed by atoms with Crippen molar-refractivity contribution in [1.29, 1.82) is 0 Å². The molecule has 1 aliphatic carbocycles. The van der Waals surface area contributed by atoms with Crippen LogP contribution in [0.4, 0.5) is 13.2 Å². The van der Waals surface area contributed by atoms with E-state index >= 15 is 0 Å². The van der Waals surface area contributed by atoms with Gasteiger partial charge in [-0.3, -0.25) is 0 Å². The van der Waals surface area contributed by atoms with Gasteiger partial charge in [0, 0.05) is 5.39 Å². The van der Waals surface area contributed by atoms with Crippen LogP contribution >= 0.6 is 0 Å². The summed E-state index contributed by atoms with van der Waals surface area (Å²) in [5.41, 5.74) is 5.84. The fourth-order valence-electron chi connectivity index (χ4n) is 2.17. The van der Waals surface area contributed by atoms with Crippen LogP contribution < -0.4 is 5.73 Å². The molecule has 0 saturated heterocycles. The fraction of sp³-hybridized carbons (Fsp3) is 0.385. The van der Waals surface area contributed by atoms with Gasteiger partial charge in [0.2, 0.25) is 0 Å². The van der Waals surface area contributed by atoms with E-state index in [-0.39, 0.29) is 0 Å². The Morgan fingerprint density at radius 1 is 1.21 bits per heavy atom. The Labute approximate surface area is 107 Å². The predicted octanol–water partition coefficient (Wildman–Crippen LogP) is 2.90. The van der Waals surface area contributed by atoms with Crippen molar-refractivity contribution in [2.24, 2.45) is 5.73 Å². The molecular weight excluding hydrogens is 255 g/mol. The molecule has 3 rings (SSSR count). The van der Waals surface area contributed by atoms with Crippen LogP contribution in [0, 0.1) is 6.92 Å². The highest BCUT2D eigenvalue weighted by molar-refractivity contribution is 5.83. The first-order valence-corrected chi connectivity index (χ1v) is 5.95. The van der Waals surface area contributed by atoms with Gasteiger partial charge in [0.05, 0.1) is 22.3 Å². The highest BCUT2D eigenvalue weighted by atomic mass is 19.4. The molecule has 1 fully saturated rings. The number of aromatic nitrogens is 2. The van der Waals surface area contributed by atoms with E-state index in [9.17, 15) is 13.2 Å².